The topological polar surface area (TPSA) is 102 Å². The number of amides is 2. The van der Waals surface area contributed by atoms with Gasteiger partial charge in [-0.25, -0.2) is 4.79 Å². The number of nitriles is 1. The minimum Gasteiger partial charge on any atom is -0.481 e. The summed E-state index contributed by atoms with van der Waals surface area (Å²) in [5, 5.41) is 26.9. The van der Waals surface area contributed by atoms with Crippen LogP contribution < -0.4 is 10.6 Å². The molecule has 110 valence electrons. The van der Waals surface area contributed by atoms with E-state index in [0.29, 0.717) is 6.42 Å². The molecule has 1 aliphatic heterocycles. The summed E-state index contributed by atoms with van der Waals surface area (Å²) >= 11 is 2.64. The third-order valence-corrected chi connectivity index (χ3v) is 4.98. The smallest absolute Gasteiger partial charge is 0.317 e. The van der Waals surface area contributed by atoms with Crippen LogP contribution in [-0.2, 0) is 4.79 Å². The monoisotopic (exact) mass is 323 g/mol. The Morgan fingerprint density at radius 1 is 1.57 bits per heavy atom. The molecule has 0 aliphatic carbocycles. The number of nitrogens with one attached hydrogen (secondary N) is 2. The van der Waals surface area contributed by atoms with Gasteiger partial charge in [0.1, 0.15) is 4.87 Å². The number of carboxylic acids is 1. The molecule has 21 heavy (non-hydrogen) atoms. The summed E-state index contributed by atoms with van der Waals surface area (Å²) in [6.07, 6.45) is 2.07. The second-order valence-electron chi connectivity index (χ2n) is 4.43. The highest BCUT2D eigenvalue weighted by molar-refractivity contribution is 8.03. The lowest BCUT2D eigenvalue weighted by molar-refractivity contribution is -0.137. The van der Waals surface area contributed by atoms with Crippen molar-refractivity contribution in [2.45, 2.75) is 23.8 Å². The van der Waals surface area contributed by atoms with E-state index in [-0.39, 0.29) is 6.42 Å². The summed E-state index contributed by atoms with van der Waals surface area (Å²) in [7, 11) is 0. The third-order valence-electron chi connectivity index (χ3n) is 2.85. The minimum absolute atomic E-state index is 0.186. The predicted molar refractivity (Wildman–Crippen MR) is 80.7 cm³/mol. The molecule has 0 saturated carbocycles. The van der Waals surface area contributed by atoms with Crippen molar-refractivity contribution in [2.75, 3.05) is 0 Å². The lowest BCUT2D eigenvalue weighted by atomic mass is 10.1. The number of carbonyl (C=O) groups is 2. The van der Waals surface area contributed by atoms with Gasteiger partial charge in [0, 0.05) is 4.88 Å². The average Bonchev–Trinajstić information content (AvgIpc) is 3.07. The van der Waals surface area contributed by atoms with Crippen LogP contribution in [0.3, 0.4) is 0 Å². The Morgan fingerprint density at radius 3 is 2.90 bits per heavy atom. The standard InChI is InChI=1S/C13H13N3O3S2/c14-8-9(10-3-1-5-20-10)15-12(19)16-13(7-11(17)18)4-2-6-21-13/h1-3,5-6,9H,4,7H2,(H,17,18)(H2,15,16,19). The summed E-state index contributed by atoms with van der Waals surface area (Å²) < 4.78 is 0. The van der Waals surface area contributed by atoms with Gasteiger partial charge in [-0.15, -0.1) is 23.1 Å². The SMILES string of the molecule is N#CC(NC(=O)NC1(CC(=O)O)CC=CS1)c1cccs1. The Balaban J connectivity index is 2.00. The maximum atomic E-state index is 12.0. The number of hydrogen-bond donors (Lipinski definition) is 3. The second kappa shape index (κ2) is 6.65. The van der Waals surface area contributed by atoms with Gasteiger partial charge in [-0.2, -0.15) is 5.26 Å². The molecule has 0 spiro atoms. The molecule has 0 radical (unpaired) electrons. The van der Waals surface area contributed by atoms with Gasteiger partial charge in [-0.1, -0.05) is 12.1 Å². The lowest BCUT2D eigenvalue weighted by Crippen LogP contribution is -2.50. The number of thioether (sulfide) groups is 1. The number of carboxylic acid groups (broad SMARTS) is 1. The molecular formula is C13H13N3O3S2. The van der Waals surface area contributed by atoms with Crippen molar-refractivity contribution < 1.29 is 14.7 Å². The van der Waals surface area contributed by atoms with Crippen LogP contribution in [0.2, 0.25) is 0 Å². The van der Waals surface area contributed by atoms with E-state index in [1.807, 2.05) is 17.5 Å². The molecule has 2 heterocycles. The van der Waals surface area contributed by atoms with Crippen molar-refractivity contribution in [1.29, 1.82) is 5.26 Å². The van der Waals surface area contributed by atoms with Crippen molar-refractivity contribution in [1.82, 2.24) is 10.6 Å². The number of urea groups is 1. The molecule has 2 rings (SSSR count). The van der Waals surface area contributed by atoms with Crippen molar-refractivity contribution >= 4 is 35.1 Å². The first kappa shape index (κ1) is 15.4. The highest BCUT2D eigenvalue weighted by Gasteiger charge is 2.36. The van der Waals surface area contributed by atoms with Crippen LogP contribution in [0.15, 0.2) is 29.0 Å². The maximum Gasteiger partial charge on any atom is 0.317 e. The zero-order chi connectivity index (χ0) is 15.3. The number of rotatable bonds is 5. The molecule has 2 amide bonds. The van der Waals surface area contributed by atoms with Gasteiger partial charge >= 0.3 is 12.0 Å². The molecule has 0 bridgehead atoms. The quantitative estimate of drug-likeness (QED) is 0.772. The Bertz CT molecular complexity index is 584. The van der Waals surface area contributed by atoms with Gasteiger partial charge in [-0.3, -0.25) is 4.79 Å². The maximum absolute atomic E-state index is 12.0. The lowest BCUT2D eigenvalue weighted by Gasteiger charge is -2.28. The van der Waals surface area contributed by atoms with Crippen LogP contribution in [0.5, 0.6) is 0 Å². The van der Waals surface area contributed by atoms with E-state index in [0.717, 1.165) is 4.88 Å². The Hall–Kier alpha value is -1.98. The van der Waals surface area contributed by atoms with Crippen molar-refractivity contribution in [3.8, 4) is 6.07 Å². The van der Waals surface area contributed by atoms with Crippen LogP contribution in [0.25, 0.3) is 0 Å². The van der Waals surface area contributed by atoms with E-state index >= 15 is 0 Å². The van der Waals surface area contributed by atoms with Gasteiger partial charge in [0.25, 0.3) is 0 Å². The van der Waals surface area contributed by atoms with E-state index in [1.54, 1.807) is 17.5 Å². The molecule has 0 saturated heterocycles. The summed E-state index contributed by atoms with van der Waals surface area (Å²) in [4.78, 5) is 22.8. The van der Waals surface area contributed by atoms with Gasteiger partial charge in [0.05, 0.1) is 12.5 Å². The zero-order valence-corrected chi connectivity index (χ0v) is 12.5. The first-order valence-corrected chi connectivity index (χ1v) is 7.87. The Kier molecular flexibility index (Phi) is 4.88. The predicted octanol–water partition coefficient (Wildman–Crippen LogP) is 2.43. The summed E-state index contributed by atoms with van der Waals surface area (Å²) in [6.45, 7) is 0. The fraction of sp³-hybridized carbons (Fsp3) is 0.308. The van der Waals surface area contributed by atoms with Crippen LogP contribution in [0, 0.1) is 11.3 Å². The Labute approximate surface area is 129 Å². The number of aliphatic carboxylic acids is 1. The molecule has 0 aromatic carbocycles. The minimum atomic E-state index is -0.985. The molecule has 1 aliphatic rings. The molecule has 0 fully saturated rings. The van der Waals surface area contributed by atoms with Crippen LogP contribution in [-0.4, -0.2) is 22.0 Å². The highest BCUT2D eigenvalue weighted by Crippen LogP contribution is 2.37. The second-order valence-corrected chi connectivity index (χ2v) is 6.70. The first-order valence-electron chi connectivity index (χ1n) is 6.11. The molecule has 3 N–H and O–H groups in total. The molecule has 6 nitrogen and oxygen atoms in total. The number of nitrogens with zero attached hydrogens (tertiary/aromatic N) is 1. The van der Waals surface area contributed by atoms with Gasteiger partial charge in [0.2, 0.25) is 0 Å². The molecule has 2 atom stereocenters. The third kappa shape index (κ3) is 4.00. The van der Waals surface area contributed by atoms with Crippen LogP contribution >= 0.6 is 23.1 Å². The van der Waals surface area contributed by atoms with E-state index in [1.165, 1.54) is 23.1 Å². The van der Waals surface area contributed by atoms with E-state index < -0.39 is 22.9 Å². The fourth-order valence-corrected chi connectivity index (χ4v) is 3.67. The average molecular weight is 323 g/mol. The molecule has 1 aromatic rings. The number of thiophene rings is 1. The van der Waals surface area contributed by atoms with E-state index in [9.17, 15) is 9.59 Å². The first-order chi connectivity index (χ1) is 10.0. The molecule has 1 aromatic heterocycles. The van der Waals surface area contributed by atoms with Crippen molar-refractivity contribution in [2.24, 2.45) is 0 Å². The van der Waals surface area contributed by atoms with E-state index in [2.05, 4.69) is 10.6 Å². The normalized spacial score (nSPS) is 21.5. The highest BCUT2D eigenvalue weighted by atomic mass is 32.2. The van der Waals surface area contributed by atoms with Gasteiger partial charge in [-0.05, 0) is 23.3 Å². The van der Waals surface area contributed by atoms with Gasteiger partial charge in [0.15, 0.2) is 6.04 Å². The largest absolute Gasteiger partial charge is 0.481 e. The van der Waals surface area contributed by atoms with Gasteiger partial charge < -0.3 is 15.7 Å². The molecule has 8 heteroatoms. The summed E-state index contributed by atoms with van der Waals surface area (Å²) in [6, 6.07) is 4.28. The Morgan fingerprint density at radius 2 is 2.38 bits per heavy atom. The zero-order valence-electron chi connectivity index (χ0n) is 10.9. The van der Waals surface area contributed by atoms with Crippen LogP contribution in [0.1, 0.15) is 23.8 Å². The number of hydrogen-bond acceptors (Lipinski definition) is 5. The fourth-order valence-electron chi connectivity index (χ4n) is 1.94. The molecule has 2 unspecified atom stereocenters. The van der Waals surface area contributed by atoms with Crippen molar-refractivity contribution in [3.05, 3.63) is 33.9 Å². The summed E-state index contributed by atoms with van der Waals surface area (Å²) in [5.41, 5.74) is 0. The van der Waals surface area contributed by atoms with Crippen LogP contribution in [0.4, 0.5) is 4.79 Å². The molecular weight excluding hydrogens is 310 g/mol. The summed E-state index contributed by atoms with van der Waals surface area (Å²) in [5.74, 6) is -0.985. The number of carbonyl (C=O) groups excluding carboxylic acids is 1. The van der Waals surface area contributed by atoms with Crippen molar-refractivity contribution in [3.63, 3.8) is 0 Å². The van der Waals surface area contributed by atoms with E-state index in [4.69, 9.17) is 10.4 Å².